The van der Waals surface area contributed by atoms with Gasteiger partial charge >= 0.3 is 0 Å². The number of rotatable bonds is 2. The Kier molecular flexibility index (Phi) is 2.88. The molecule has 0 radical (unpaired) electrons. The number of fused-ring (bicyclic) bond motifs is 1. The van der Waals surface area contributed by atoms with Gasteiger partial charge in [0, 0.05) is 6.54 Å². The number of carbonyl (C=O) groups excluding carboxylic acids is 2. The van der Waals surface area contributed by atoms with E-state index in [0.717, 1.165) is 4.90 Å². The molecule has 1 N–H and O–H groups in total. The van der Waals surface area contributed by atoms with Crippen molar-refractivity contribution < 1.29 is 14.7 Å². The molecule has 1 aromatic carbocycles. The van der Waals surface area contributed by atoms with Gasteiger partial charge in [-0.3, -0.25) is 9.59 Å². The molecule has 1 aliphatic rings. The van der Waals surface area contributed by atoms with Crippen molar-refractivity contribution in [3.8, 4) is 0 Å². The van der Waals surface area contributed by atoms with Crippen molar-refractivity contribution in [1.29, 1.82) is 0 Å². The van der Waals surface area contributed by atoms with Crippen LogP contribution in [0.15, 0.2) is 12.1 Å². The Morgan fingerprint density at radius 1 is 1.19 bits per heavy atom. The minimum absolute atomic E-state index is 0.0254. The smallest absolute Gasteiger partial charge is 0.299 e. The van der Waals surface area contributed by atoms with Gasteiger partial charge in [0.25, 0.3) is 11.7 Å². The van der Waals surface area contributed by atoms with Crippen LogP contribution in [-0.2, 0) is 4.79 Å². The minimum atomic E-state index is -0.709. The summed E-state index contributed by atoms with van der Waals surface area (Å²) in [5.74, 6) is -1.39. The summed E-state index contributed by atoms with van der Waals surface area (Å²) in [6.07, 6.45) is 0. The summed E-state index contributed by atoms with van der Waals surface area (Å²) < 4.78 is 0. The number of amides is 1. The molecule has 84 valence electrons. The number of aliphatic hydroxyl groups excluding tert-OH is 1. The lowest BCUT2D eigenvalue weighted by atomic mass is 10.1. The highest BCUT2D eigenvalue weighted by Gasteiger charge is 2.38. The Labute approximate surface area is 101 Å². The number of anilines is 1. The first-order valence-electron chi connectivity index (χ1n) is 4.53. The van der Waals surface area contributed by atoms with Crippen LogP contribution in [0, 0.1) is 0 Å². The van der Waals surface area contributed by atoms with Crippen molar-refractivity contribution in [3.63, 3.8) is 0 Å². The molecular weight excluding hydrogens is 253 g/mol. The SMILES string of the molecule is O=C1C(=O)N(CCO)c2c(Cl)ccc(Cl)c21. The van der Waals surface area contributed by atoms with E-state index in [1.807, 2.05) is 0 Å². The fourth-order valence-electron chi connectivity index (χ4n) is 1.67. The van der Waals surface area contributed by atoms with E-state index in [0.29, 0.717) is 5.69 Å². The van der Waals surface area contributed by atoms with Crippen molar-refractivity contribution in [3.05, 3.63) is 27.7 Å². The standard InChI is InChI=1S/C10H7Cl2NO3/c11-5-1-2-6(12)8-7(5)9(15)10(16)13(8)3-4-14/h1-2,14H,3-4H2. The molecule has 4 nitrogen and oxygen atoms in total. The summed E-state index contributed by atoms with van der Waals surface area (Å²) in [6.45, 7) is -0.223. The molecule has 1 heterocycles. The maximum Gasteiger partial charge on any atom is 0.299 e. The number of aliphatic hydroxyl groups is 1. The predicted molar refractivity (Wildman–Crippen MR) is 60.2 cm³/mol. The number of benzene rings is 1. The molecule has 0 fully saturated rings. The number of carbonyl (C=O) groups is 2. The number of hydrogen-bond donors (Lipinski definition) is 1. The summed E-state index contributed by atoms with van der Waals surface area (Å²) in [7, 11) is 0. The van der Waals surface area contributed by atoms with E-state index >= 15 is 0 Å². The Morgan fingerprint density at radius 3 is 2.44 bits per heavy atom. The number of Topliss-reactive ketones (excluding diaryl/α,β-unsaturated/α-hetero) is 1. The quantitative estimate of drug-likeness (QED) is 0.820. The fourth-order valence-corrected chi connectivity index (χ4v) is 2.16. The first-order valence-corrected chi connectivity index (χ1v) is 5.28. The summed E-state index contributed by atoms with van der Waals surface area (Å²) in [6, 6.07) is 2.98. The topological polar surface area (TPSA) is 57.6 Å². The molecule has 0 aliphatic carbocycles. The molecule has 1 aliphatic heterocycles. The van der Waals surface area contributed by atoms with Crippen LogP contribution in [0.3, 0.4) is 0 Å². The Bertz CT molecular complexity index is 487. The number of β-amino-alcohol motifs (C(OH)–C–C–N with tert-alkyl or cyclic N) is 1. The van der Waals surface area contributed by atoms with Gasteiger partial charge in [-0.05, 0) is 12.1 Å². The molecule has 0 unspecified atom stereocenters. The summed E-state index contributed by atoms with van der Waals surface area (Å²) in [5, 5.41) is 9.30. The van der Waals surface area contributed by atoms with E-state index < -0.39 is 11.7 Å². The highest BCUT2D eigenvalue weighted by atomic mass is 35.5. The molecule has 6 heteroatoms. The molecule has 0 saturated heterocycles. The molecule has 0 aromatic heterocycles. The molecule has 1 amide bonds. The Hall–Kier alpha value is -1.10. The number of nitrogens with zero attached hydrogens (tertiary/aromatic N) is 1. The first-order chi connectivity index (χ1) is 7.57. The molecule has 0 spiro atoms. The third-order valence-electron chi connectivity index (χ3n) is 2.34. The van der Waals surface area contributed by atoms with E-state index in [9.17, 15) is 9.59 Å². The van der Waals surface area contributed by atoms with Gasteiger partial charge in [-0.2, -0.15) is 0 Å². The minimum Gasteiger partial charge on any atom is -0.395 e. The largest absolute Gasteiger partial charge is 0.395 e. The molecular formula is C10H7Cl2NO3. The van der Waals surface area contributed by atoms with Gasteiger partial charge in [0.15, 0.2) is 0 Å². The zero-order valence-corrected chi connectivity index (χ0v) is 9.55. The van der Waals surface area contributed by atoms with Crippen LogP contribution in [0.1, 0.15) is 10.4 Å². The van der Waals surface area contributed by atoms with Gasteiger partial charge < -0.3 is 10.0 Å². The number of halogens is 2. The first kappa shape index (κ1) is 11.4. The average Bonchev–Trinajstić information content (AvgIpc) is 2.50. The van der Waals surface area contributed by atoms with Crippen LogP contribution in [0.5, 0.6) is 0 Å². The van der Waals surface area contributed by atoms with E-state index in [1.54, 1.807) is 0 Å². The van der Waals surface area contributed by atoms with Crippen molar-refractivity contribution in [2.75, 3.05) is 18.1 Å². The zero-order chi connectivity index (χ0) is 11.9. The van der Waals surface area contributed by atoms with Crippen LogP contribution in [-0.4, -0.2) is 29.9 Å². The van der Waals surface area contributed by atoms with Gasteiger partial charge in [0.05, 0.1) is 27.9 Å². The number of hydrogen-bond acceptors (Lipinski definition) is 3. The van der Waals surface area contributed by atoms with Crippen molar-refractivity contribution in [1.82, 2.24) is 0 Å². The average molecular weight is 260 g/mol. The molecule has 16 heavy (non-hydrogen) atoms. The number of ketones is 1. The second kappa shape index (κ2) is 4.05. The van der Waals surface area contributed by atoms with Crippen molar-refractivity contribution in [2.24, 2.45) is 0 Å². The van der Waals surface area contributed by atoms with Gasteiger partial charge in [-0.15, -0.1) is 0 Å². The molecule has 0 bridgehead atoms. The fraction of sp³-hybridized carbons (Fsp3) is 0.200. The van der Waals surface area contributed by atoms with E-state index in [2.05, 4.69) is 0 Å². The highest BCUT2D eigenvalue weighted by molar-refractivity contribution is 6.56. The summed E-state index contributed by atoms with van der Waals surface area (Å²) in [5.41, 5.74) is 0.408. The van der Waals surface area contributed by atoms with Crippen molar-refractivity contribution >= 4 is 40.6 Å². The van der Waals surface area contributed by atoms with Gasteiger partial charge in [0.2, 0.25) is 0 Å². The Balaban J connectivity index is 2.64. The van der Waals surface area contributed by atoms with Crippen LogP contribution >= 0.6 is 23.2 Å². The third-order valence-corrected chi connectivity index (χ3v) is 2.96. The summed E-state index contributed by atoms with van der Waals surface area (Å²) in [4.78, 5) is 24.4. The molecule has 0 saturated carbocycles. The van der Waals surface area contributed by atoms with E-state index in [1.165, 1.54) is 12.1 Å². The van der Waals surface area contributed by atoms with Crippen LogP contribution in [0.25, 0.3) is 0 Å². The van der Waals surface area contributed by atoms with Crippen molar-refractivity contribution in [2.45, 2.75) is 0 Å². The molecule has 1 aromatic rings. The van der Waals surface area contributed by atoms with Crippen LogP contribution in [0.4, 0.5) is 5.69 Å². The highest BCUT2D eigenvalue weighted by Crippen LogP contribution is 2.39. The van der Waals surface area contributed by atoms with Gasteiger partial charge in [-0.25, -0.2) is 0 Å². The maximum atomic E-state index is 11.6. The molecule has 2 rings (SSSR count). The van der Waals surface area contributed by atoms with Gasteiger partial charge in [-0.1, -0.05) is 23.2 Å². The van der Waals surface area contributed by atoms with Gasteiger partial charge in [0.1, 0.15) is 0 Å². The van der Waals surface area contributed by atoms with E-state index in [4.69, 9.17) is 28.3 Å². The predicted octanol–water partition coefficient (Wildman–Crippen LogP) is 1.52. The maximum absolute atomic E-state index is 11.6. The third kappa shape index (κ3) is 1.50. The summed E-state index contributed by atoms with van der Waals surface area (Å²) >= 11 is 11.8. The lowest BCUT2D eigenvalue weighted by Crippen LogP contribution is -2.32. The normalized spacial score (nSPS) is 14.6. The van der Waals surface area contributed by atoms with E-state index in [-0.39, 0.29) is 28.8 Å². The zero-order valence-electron chi connectivity index (χ0n) is 8.04. The Morgan fingerprint density at radius 2 is 1.81 bits per heavy atom. The lowest BCUT2D eigenvalue weighted by Gasteiger charge is -2.15. The lowest BCUT2D eigenvalue weighted by molar-refractivity contribution is -0.114. The second-order valence-electron chi connectivity index (χ2n) is 3.26. The monoisotopic (exact) mass is 259 g/mol. The van der Waals surface area contributed by atoms with Crippen LogP contribution < -0.4 is 4.90 Å². The second-order valence-corrected chi connectivity index (χ2v) is 4.08. The van der Waals surface area contributed by atoms with Crippen LogP contribution in [0.2, 0.25) is 10.0 Å². The molecule has 0 atom stereocenters.